The van der Waals surface area contributed by atoms with Gasteiger partial charge in [-0.15, -0.1) is 0 Å². The van der Waals surface area contributed by atoms with Crippen molar-refractivity contribution in [3.63, 3.8) is 0 Å². The maximum atomic E-state index is 12.0. The normalized spacial score (nSPS) is 21.4. The summed E-state index contributed by atoms with van der Waals surface area (Å²) in [4.78, 5) is 12.0. The lowest BCUT2D eigenvalue weighted by atomic mass is 10.1. The first-order valence-corrected chi connectivity index (χ1v) is 6.16. The van der Waals surface area contributed by atoms with Crippen LogP contribution in [0.4, 0.5) is 0 Å². The summed E-state index contributed by atoms with van der Waals surface area (Å²) in [5.74, 6) is -0.0765. The zero-order chi connectivity index (χ0) is 12.3. The van der Waals surface area contributed by atoms with Crippen molar-refractivity contribution in [3.8, 4) is 0 Å². The lowest BCUT2D eigenvalue weighted by Crippen LogP contribution is -2.41. The third kappa shape index (κ3) is 2.66. The lowest BCUT2D eigenvalue weighted by molar-refractivity contribution is 0.0706. The minimum Gasteiger partial charge on any atom is -0.376 e. The zero-order valence-electron chi connectivity index (χ0n) is 10.3. The molecule has 1 fully saturated rings. The van der Waals surface area contributed by atoms with Crippen LogP contribution in [0.2, 0.25) is 0 Å². The molecule has 1 N–H and O–H groups in total. The molecule has 0 radical (unpaired) electrons. The van der Waals surface area contributed by atoms with Crippen LogP contribution in [-0.4, -0.2) is 34.4 Å². The van der Waals surface area contributed by atoms with Crippen LogP contribution in [0.1, 0.15) is 37.2 Å². The van der Waals surface area contributed by atoms with E-state index < -0.39 is 0 Å². The molecular formula is C12H19N3O2. The fourth-order valence-electron chi connectivity index (χ4n) is 2.15. The van der Waals surface area contributed by atoms with Crippen molar-refractivity contribution in [2.45, 2.75) is 45.4 Å². The molecule has 2 atom stereocenters. The van der Waals surface area contributed by atoms with Crippen molar-refractivity contribution in [3.05, 3.63) is 18.0 Å². The van der Waals surface area contributed by atoms with Crippen LogP contribution in [-0.2, 0) is 11.3 Å². The van der Waals surface area contributed by atoms with Crippen LogP contribution >= 0.6 is 0 Å². The van der Waals surface area contributed by atoms with E-state index in [2.05, 4.69) is 10.4 Å². The molecule has 1 aliphatic rings. The van der Waals surface area contributed by atoms with E-state index in [9.17, 15) is 4.79 Å². The molecule has 5 nitrogen and oxygen atoms in total. The SMILES string of the molecule is CCn1nccc1C(=O)NC(C)C1CCCO1. The van der Waals surface area contributed by atoms with Crippen LogP contribution in [0, 0.1) is 0 Å². The molecule has 1 aromatic rings. The standard InChI is InChI=1S/C12H19N3O2/c1-3-15-10(6-7-13-15)12(16)14-9(2)11-5-4-8-17-11/h6-7,9,11H,3-5,8H2,1-2H3,(H,14,16). The van der Waals surface area contributed by atoms with Gasteiger partial charge < -0.3 is 10.1 Å². The highest BCUT2D eigenvalue weighted by molar-refractivity contribution is 5.92. The zero-order valence-corrected chi connectivity index (χ0v) is 10.3. The van der Waals surface area contributed by atoms with Gasteiger partial charge in [0.15, 0.2) is 0 Å². The Balaban J connectivity index is 1.96. The Bertz CT molecular complexity index is 383. The number of hydrogen-bond acceptors (Lipinski definition) is 3. The Labute approximate surface area is 101 Å². The molecule has 0 aromatic carbocycles. The summed E-state index contributed by atoms with van der Waals surface area (Å²) >= 11 is 0. The molecule has 0 aliphatic carbocycles. The number of hydrogen-bond donors (Lipinski definition) is 1. The second-order valence-electron chi connectivity index (χ2n) is 4.35. The molecule has 94 valence electrons. The second-order valence-corrected chi connectivity index (χ2v) is 4.35. The molecule has 5 heteroatoms. The highest BCUT2D eigenvalue weighted by Gasteiger charge is 2.24. The van der Waals surface area contributed by atoms with Gasteiger partial charge >= 0.3 is 0 Å². The van der Waals surface area contributed by atoms with Crippen LogP contribution in [0.3, 0.4) is 0 Å². The van der Waals surface area contributed by atoms with Crippen LogP contribution in [0.25, 0.3) is 0 Å². The number of aromatic nitrogens is 2. The quantitative estimate of drug-likeness (QED) is 0.856. The third-order valence-corrected chi connectivity index (χ3v) is 3.13. The Hall–Kier alpha value is -1.36. The van der Waals surface area contributed by atoms with Gasteiger partial charge in [0.2, 0.25) is 0 Å². The van der Waals surface area contributed by atoms with E-state index in [0.717, 1.165) is 19.4 Å². The minimum absolute atomic E-state index is 0.0465. The molecule has 0 saturated carbocycles. The highest BCUT2D eigenvalue weighted by Crippen LogP contribution is 2.15. The molecule has 0 spiro atoms. The van der Waals surface area contributed by atoms with E-state index in [1.807, 2.05) is 13.8 Å². The summed E-state index contributed by atoms with van der Waals surface area (Å²) in [7, 11) is 0. The molecule has 1 aliphatic heterocycles. The Morgan fingerprint density at radius 3 is 3.24 bits per heavy atom. The van der Waals surface area contributed by atoms with E-state index in [1.54, 1.807) is 16.9 Å². The molecule has 17 heavy (non-hydrogen) atoms. The molecule has 2 heterocycles. The average molecular weight is 237 g/mol. The maximum absolute atomic E-state index is 12.0. The van der Waals surface area contributed by atoms with Crippen molar-refractivity contribution in [1.29, 1.82) is 0 Å². The van der Waals surface area contributed by atoms with E-state index in [0.29, 0.717) is 12.2 Å². The number of amides is 1. The van der Waals surface area contributed by atoms with Gasteiger partial charge in [0.25, 0.3) is 5.91 Å². The fourth-order valence-corrected chi connectivity index (χ4v) is 2.15. The summed E-state index contributed by atoms with van der Waals surface area (Å²) in [5.41, 5.74) is 0.609. The smallest absolute Gasteiger partial charge is 0.269 e. The van der Waals surface area contributed by atoms with Gasteiger partial charge in [-0.05, 0) is 32.8 Å². The minimum atomic E-state index is -0.0765. The molecule has 1 aromatic heterocycles. The number of aryl methyl sites for hydroxylation is 1. The van der Waals surface area contributed by atoms with Crippen molar-refractivity contribution in [2.24, 2.45) is 0 Å². The van der Waals surface area contributed by atoms with Gasteiger partial charge in [-0.3, -0.25) is 9.48 Å². The van der Waals surface area contributed by atoms with Crippen molar-refractivity contribution in [2.75, 3.05) is 6.61 Å². The van der Waals surface area contributed by atoms with E-state index >= 15 is 0 Å². The topological polar surface area (TPSA) is 56.2 Å². The number of nitrogens with zero attached hydrogens (tertiary/aromatic N) is 2. The molecule has 2 rings (SSSR count). The van der Waals surface area contributed by atoms with Crippen LogP contribution < -0.4 is 5.32 Å². The number of carbonyl (C=O) groups excluding carboxylic acids is 1. The lowest BCUT2D eigenvalue weighted by Gasteiger charge is -2.20. The number of nitrogens with one attached hydrogen (secondary N) is 1. The first-order valence-electron chi connectivity index (χ1n) is 6.16. The first-order chi connectivity index (χ1) is 8.22. The van der Waals surface area contributed by atoms with E-state index in [1.165, 1.54) is 0 Å². The van der Waals surface area contributed by atoms with E-state index in [4.69, 9.17) is 4.74 Å². The van der Waals surface area contributed by atoms with Crippen LogP contribution in [0.5, 0.6) is 0 Å². The average Bonchev–Trinajstić information content (AvgIpc) is 2.99. The number of rotatable bonds is 4. The van der Waals surface area contributed by atoms with Crippen molar-refractivity contribution in [1.82, 2.24) is 15.1 Å². The fraction of sp³-hybridized carbons (Fsp3) is 0.667. The maximum Gasteiger partial charge on any atom is 0.269 e. The Morgan fingerprint density at radius 1 is 1.76 bits per heavy atom. The van der Waals surface area contributed by atoms with Gasteiger partial charge in [0, 0.05) is 19.3 Å². The Kier molecular flexibility index (Phi) is 3.78. The van der Waals surface area contributed by atoms with Gasteiger partial charge in [0.05, 0.1) is 12.1 Å². The van der Waals surface area contributed by atoms with Gasteiger partial charge in [0.1, 0.15) is 5.69 Å². The van der Waals surface area contributed by atoms with Crippen LogP contribution in [0.15, 0.2) is 12.3 Å². The summed E-state index contributed by atoms with van der Waals surface area (Å²) < 4.78 is 7.24. The van der Waals surface area contributed by atoms with E-state index in [-0.39, 0.29) is 18.1 Å². The summed E-state index contributed by atoms with van der Waals surface area (Å²) in [6.07, 6.45) is 3.90. The molecular weight excluding hydrogens is 218 g/mol. The molecule has 2 unspecified atom stereocenters. The van der Waals surface area contributed by atoms with Gasteiger partial charge in [-0.2, -0.15) is 5.10 Å². The summed E-state index contributed by atoms with van der Waals surface area (Å²) in [6, 6.07) is 1.78. The highest BCUT2D eigenvalue weighted by atomic mass is 16.5. The number of ether oxygens (including phenoxy) is 1. The van der Waals surface area contributed by atoms with Gasteiger partial charge in [-0.1, -0.05) is 0 Å². The third-order valence-electron chi connectivity index (χ3n) is 3.13. The summed E-state index contributed by atoms with van der Waals surface area (Å²) in [5, 5.41) is 7.06. The van der Waals surface area contributed by atoms with Crippen molar-refractivity contribution >= 4 is 5.91 Å². The first kappa shape index (κ1) is 12.1. The number of carbonyl (C=O) groups is 1. The molecule has 0 bridgehead atoms. The Morgan fingerprint density at radius 2 is 2.59 bits per heavy atom. The van der Waals surface area contributed by atoms with Gasteiger partial charge in [-0.25, -0.2) is 0 Å². The second kappa shape index (κ2) is 5.31. The predicted octanol–water partition coefficient (Wildman–Crippen LogP) is 1.20. The van der Waals surface area contributed by atoms with Crippen molar-refractivity contribution < 1.29 is 9.53 Å². The largest absolute Gasteiger partial charge is 0.376 e. The molecule has 1 saturated heterocycles. The molecule has 1 amide bonds. The predicted molar refractivity (Wildman–Crippen MR) is 63.8 cm³/mol. The summed E-state index contributed by atoms with van der Waals surface area (Å²) in [6.45, 7) is 5.45. The monoisotopic (exact) mass is 237 g/mol.